The van der Waals surface area contributed by atoms with Crippen molar-refractivity contribution in [2.45, 2.75) is 12.8 Å². The number of hydrogen-bond acceptors (Lipinski definition) is 5. The van der Waals surface area contributed by atoms with E-state index >= 15 is 0 Å². The lowest BCUT2D eigenvalue weighted by Gasteiger charge is -2.31. The Hall–Kier alpha value is -2.61. The molecule has 1 N–H and O–H groups in total. The van der Waals surface area contributed by atoms with E-state index in [1.165, 1.54) is 11.3 Å². The van der Waals surface area contributed by atoms with Crippen LogP contribution in [0.1, 0.15) is 18.4 Å². The molecule has 1 saturated heterocycles. The Morgan fingerprint density at radius 1 is 1.18 bits per heavy atom. The van der Waals surface area contributed by atoms with Crippen LogP contribution in [0.15, 0.2) is 74.9 Å². The molecule has 1 aliphatic heterocycles. The second-order valence-corrected chi connectivity index (χ2v) is 9.09. The summed E-state index contributed by atoms with van der Waals surface area (Å²) in [5, 5.41) is 4.93. The summed E-state index contributed by atoms with van der Waals surface area (Å²) in [6, 6.07) is 15.2. The number of rotatable bonds is 7. The van der Waals surface area contributed by atoms with Crippen molar-refractivity contribution in [2.24, 2.45) is 5.10 Å². The smallest absolute Gasteiger partial charge is 0.277 e. The van der Waals surface area contributed by atoms with Gasteiger partial charge in [0.15, 0.2) is 6.61 Å². The highest BCUT2D eigenvalue weighted by atomic mass is 79.9. The van der Waals surface area contributed by atoms with Crippen molar-refractivity contribution in [1.29, 1.82) is 0 Å². The fourth-order valence-electron chi connectivity index (χ4n) is 3.85. The molecule has 1 fully saturated rings. The molecule has 0 unspecified atom stereocenters. The van der Waals surface area contributed by atoms with E-state index in [0.29, 0.717) is 19.0 Å². The van der Waals surface area contributed by atoms with Crippen molar-refractivity contribution in [2.75, 3.05) is 32.9 Å². The lowest BCUT2D eigenvalue weighted by Crippen LogP contribution is -2.36. The molecule has 2 aliphatic rings. The molecule has 8 heteroatoms. The molecule has 2 aromatic rings. The van der Waals surface area contributed by atoms with E-state index in [1.54, 1.807) is 12.3 Å². The number of hydrogen-bond donors (Lipinski definition) is 1. The molecule has 1 amide bonds. The van der Waals surface area contributed by atoms with Crippen LogP contribution in [0.3, 0.4) is 0 Å². The predicted octanol–water partition coefficient (Wildman–Crippen LogP) is 5.05. The van der Waals surface area contributed by atoms with Crippen LogP contribution in [-0.2, 0) is 9.53 Å². The highest BCUT2D eigenvalue weighted by Crippen LogP contribution is 2.35. The van der Waals surface area contributed by atoms with Gasteiger partial charge in [-0.1, -0.05) is 45.7 Å². The van der Waals surface area contributed by atoms with Gasteiger partial charge in [-0.3, -0.25) is 4.79 Å². The lowest BCUT2D eigenvalue weighted by molar-refractivity contribution is -0.123. The number of benzene rings is 2. The maximum atomic E-state index is 12.2. The Balaban J connectivity index is 1.45. The van der Waals surface area contributed by atoms with E-state index in [0.717, 1.165) is 46.6 Å². The van der Waals surface area contributed by atoms with Gasteiger partial charge in [0.1, 0.15) is 5.75 Å². The standard InChI is InChI=1S/C25H25BrClN3O3/c26-21-2-1-3-23(15-21)33-17-24(31)29-28-16-20-7-6-19(14-18-4-8-22(27)9-5-18)25(20)30-10-12-32-13-11-30/h1-5,8-9,14-16H,6-7,10-13,17H2,(H,29,31)/b19-14+,28-16+. The molecule has 1 heterocycles. The van der Waals surface area contributed by atoms with Crippen molar-refractivity contribution >= 4 is 45.7 Å². The molecule has 2 aromatic carbocycles. The number of hydrazone groups is 1. The number of carbonyl (C=O) groups excluding carboxylic acids is 1. The average molecular weight is 531 g/mol. The van der Waals surface area contributed by atoms with Crippen LogP contribution in [-0.4, -0.2) is 49.9 Å². The first kappa shape index (κ1) is 23.5. The van der Waals surface area contributed by atoms with Gasteiger partial charge in [0.25, 0.3) is 5.91 Å². The largest absolute Gasteiger partial charge is 0.484 e. The van der Waals surface area contributed by atoms with Gasteiger partial charge < -0.3 is 14.4 Å². The number of nitrogens with zero attached hydrogens (tertiary/aromatic N) is 2. The number of nitrogens with one attached hydrogen (secondary N) is 1. The Morgan fingerprint density at radius 2 is 1.97 bits per heavy atom. The van der Waals surface area contributed by atoms with Gasteiger partial charge in [0.05, 0.1) is 19.4 Å². The molecular formula is C25H25BrClN3O3. The van der Waals surface area contributed by atoms with Gasteiger partial charge in [-0.05, 0) is 66.0 Å². The van der Waals surface area contributed by atoms with Gasteiger partial charge in [0.2, 0.25) is 0 Å². The van der Waals surface area contributed by atoms with Gasteiger partial charge in [-0.15, -0.1) is 0 Å². The fraction of sp³-hybridized carbons (Fsp3) is 0.280. The van der Waals surface area contributed by atoms with Gasteiger partial charge in [-0.2, -0.15) is 5.10 Å². The zero-order valence-electron chi connectivity index (χ0n) is 18.1. The zero-order chi connectivity index (χ0) is 23.0. The Bertz CT molecular complexity index is 1080. The maximum absolute atomic E-state index is 12.2. The lowest BCUT2D eigenvalue weighted by atomic mass is 10.1. The van der Waals surface area contributed by atoms with E-state index in [1.807, 2.05) is 42.5 Å². The van der Waals surface area contributed by atoms with Crippen LogP contribution in [0.25, 0.3) is 6.08 Å². The summed E-state index contributed by atoms with van der Waals surface area (Å²) < 4.78 is 11.9. The number of amides is 1. The summed E-state index contributed by atoms with van der Waals surface area (Å²) >= 11 is 9.42. The van der Waals surface area contributed by atoms with Crippen molar-refractivity contribution in [3.05, 3.63) is 80.4 Å². The van der Waals surface area contributed by atoms with Crippen molar-refractivity contribution < 1.29 is 14.3 Å². The maximum Gasteiger partial charge on any atom is 0.277 e. The molecule has 0 aromatic heterocycles. The quantitative estimate of drug-likeness (QED) is 0.402. The molecule has 172 valence electrons. The molecule has 6 nitrogen and oxygen atoms in total. The van der Waals surface area contributed by atoms with Crippen LogP contribution in [0, 0.1) is 0 Å². The minimum atomic E-state index is -0.310. The highest BCUT2D eigenvalue weighted by molar-refractivity contribution is 9.10. The van der Waals surface area contributed by atoms with Crippen LogP contribution >= 0.6 is 27.5 Å². The Kier molecular flexibility index (Phi) is 8.20. The minimum Gasteiger partial charge on any atom is -0.484 e. The minimum absolute atomic E-state index is 0.106. The summed E-state index contributed by atoms with van der Waals surface area (Å²) in [5.41, 5.74) is 7.21. The van der Waals surface area contributed by atoms with Crippen LogP contribution in [0.5, 0.6) is 5.75 Å². The average Bonchev–Trinajstić information content (AvgIpc) is 3.22. The first-order valence-electron chi connectivity index (χ1n) is 10.8. The first-order valence-corrected chi connectivity index (χ1v) is 12.0. The van der Waals surface area contributed by atoms with Crippen molar-refractivity contribution in [3.63, 3.8) is 0 Å². The molecule has 1 aliphatic carbocycles. The van der Waals surface area contributed by atoms with E-state index in [2.05, 4.69) is 37.4 Å². The van der Waals surface area contributed by atoms with E-state index in [-0.39, 0.29) is 12.5 Å². The molecule has 4 rings (SSSR count). The molecule has 0 radical (unpaired) electrons. The highest BCUT2D eigenvalue weighted by Gasteiger charge is 2.25. The van der Waals surface area contributed by atoms with Crippen molar-refractivity contribution in [1.82, 2.24) is 10.3 Å². The number of allylic oxidation sites excluding steroid dienone is 2. The zero-order valence-corrected chi connectivity index (χ0v) is 20.4. The first-order chi connectivity index (χ1) is 16.1. The van der Waals surface area contributed by atoms with Crippen molar-refractivity contribution in [3.8, 4) is 5.75 Å². The SMILES string of the molecule is O=C(COc1cccc(Br)c1)N/N=C/C1=C(N2CCOCC2)C(=C/c2ccc(Cl)cc2)/CC1. The van der Waals surface area contributed by atoms with Crippen LogP contribution in [0.2, 0.25) is 5.02 Å². The van der Waals surface area contributed by atoms with Crippen LogP contribution < -0.4 is 10.2 Å². The second kappa shape index (κ2) is 11.5. The second-order valence-electron chi connectivity index (χ2n) is 7.73. The van der Waals surface area contributed by atoms with Gasteiger partial charge >= 0.3 is 0 Å². The van der Waals surface area contributed by atoms with Gasteiger partial charge in [-0.25, -0.2) is 5.43 Å². The molecule has 0 spiro atoms. The fourth-order valence-corrected chi connectivity index (χ4v) is 4.36. The summed E-state index contributed by atoms with van der Waals surface area (Å²) in [6.45, 7) is 2.96. The molecule has 0 bridgehead atoms. The van der Waals surface area contributed by atoms with Crippen LogP contribution in [0.4, 0.5) is 0 Å². The third-order valence-corrected chi connectivity index (χ3v) is 6.13. The molecule has 33 heavy (non-hydrogen) atoms. The molecule has 0 saturated carbocycles. The topological polar surface area (TPSA) is 63.2 Å². The number of ether oxygens (including phenoxy) is 2. The molecular weight excluding hydrogens is 506 g/mol. The molecule has 0 atom stereocenters. The summed E-state index contributed by atoms with van der Waals surface area (Å²) in [4.78, 5) is 14.5. The third-order valence-electron chi connectivity index (χ3n) is 5.39. The summed E-state index contributed by atoms with van der Waals surface area (Å²) in [7, 11) is 0. The number of carbonyl (C=O) groups is 1. The number of morpholine rings is 1. The Labute approximate surface area is 207 Å². The Morgan fingerprint density at radius 3 is 2.73 bits per heavy atom. The monoisotopic (exact) mass is 529 g/mol. The van der Waals surface area contributed by atoms with Gasteiger partial charge in [0, 0.05) is 28.3 Å². The normalized spacial score (nSPS) is 17.8. The summed E-state index contributed by atoms with van der Waals surface area (Å²) in [5.74, 6) is 0.309. The summed E-state index contributed by atoms with van der Waals surface area (Å²) in [6.07, 6.45) is 5.73. The van der Waals surface area contributed by atoms with E-state index in [4.69, 9.17) is 21.1 Å². The van der Waals surface area contributed by atoms with E-state index < -0.39 is 0 Å². The third kappa shape index (κ3) is 6.69. The number of halogens is 2. The predicted molar refractivity (Wildman–Crippen MR) is 134 cm³/mol. The van der Waals surface area contributed by atoms with E-state index in [9.17, 15) is 4.79 Å².